The second-order valence-electron chi connectivity index (χ2n) is 4.79. The first-order chi connectivity index (χ1) is 9.61. The molecule has 1 aromatic rings. The Hall–Kier alpha value is -1.56. The molecule has 0 unspecified atom stereocenters. The molecule has 5 nitrogen and oxygen atoms in total. The van der Waals surface area contributed by atoms with Crippen LogP contribution in [0.4, 0.5) is 0 Å². The third kappa shape index (κ3) is 3.50. The van der Waals surface area contributed by atoms with Crippen molar-refractivity contribution in [2.75, 3.05) is 19.7 Å². The number of hydrogen-bond acceptors (Lipinski definition) is 4. The number of carbonyl (C=O) groups is 2. The number of carboxylic acid groups (broad SMARTS) is 1. The van der Waals surface area contributed by atoms with Gasteiger partial charge in [-0.25, -0.2) is 4.79 Å². The standard InChI is InChI=1S/C14H19NO4S/c1-2-10-8-11(13(20-10)14(17)18)19-9-12(16)15-6-4-3-5-7-15/h8H,2-7,9H2,1H3,(H,17,18). The molecule has 2 rings (SSSR count). The Labute approximate surface area is 122 Å². The Morgan fingerprint density at radius 2 is 2.05 bits per heavy atom. The molecule has 0 spiro atoms. The van der Waals surface area contributed by atoms with Crippen LogP contribution >= 0.6 is 11.3 Å². The SMILES string of the molecule is CCc1cc(OCC(=O)N2CCCCC2)c(C(=O)O)s1. The molecule has 0 bridgehead atoms. The summed E-state index contributed by atoms with van der Waals surface area (Å²) in [5.74, 6) is -0.759. The van der Waals surface area contributed by atoms with Gasteiger partial charge in [-0.3, -0.25) is 4.79 Å². The van der Waals surface area contributed by atoms with Crippen LogP contribution < -0.4 is 4.74 Å². The van der Waals surface area contributed by atoms with E-state index in [0.29, 0.717) is 5.75 Å². The molecule has 1 amide bonds. The Morgan fingerprint density at radius 1 is 1.35 bits per heavy atom. The van der Waals surface area contributed by atoms with Crippen LogP contribution in [0.25, 0.3) is 0 Å². The molecule has 110 valence electrons. The lowest BCUT2D eigenvalue weighted by atomic mass is 10.1. The number of nitrogens with zero attached hydrogens (tertiary/aromatic N) is 1. The summed E-state index contributed by atoms with van der Waals surface area (Å²) >= 11 is 1.21. The van der Waals surface area contributed by atoms with Crippen molar-refractivity contribution in [3.63, 3.8) is 0 Å². The molecule has 20 heavy (non-hydrogen) atoms. The number of carbonyl (C=O) groups excluding carboxylic acids is 1. The lowest BCUT2D eigenvalue weighted by Crippen LogP contribution is -2.38. The zero-order chi connectivity index (χ0) is 14.5. The molecule has 1 N–H and O–H groups in total. The minimum Gasteiger partial charge on any atom is -0.482 e. The maximum Gasteiger partial charge on any atom is 0.349 e. The largest absolute Gasteiger partial charge is 0.482 e. The summed E-state index contributed by atoms with van der Waals surface area (Å²) in [4.78, 5) is 26.0. The predicted molar refractivity (Wildman–Crippen MR) is 76.6 cm³/mol. The number of thiophene rings is 1. The molecule has 6 heteroatoms. The van der Waals surface area contributed by atoms with E-state index in [4.69, 9.17) is 9.84 Å². The van der Waals surface area contributed by atoms with E-state index in [-0.39, 0.29) is 17.4 Å². The summed E-state index contributed by atoms with van der Waals surface area (Å²) in [7, 11) is 0. The molecule has 0 radical (unpaired) electrons. The second kappa shape index (κ2) is 6.74. The topological polar surface area (TPSA) is 66.8 Å². The third-order valence-electron chi connectivity index (χ3n) is 3.35. The molecule has 0 saturated carbocycles. The first kappa shape index (κ1) is 14.8. The summed E-state index contributed by atoms with van der Waals surface area (Å²) in [6, 6.07) is 1.72. The van der Waals surface area contributed by atoms with Crippen molar-refractivity contribution in [1.82, 2.24) is 4.90 Å². The Balaban J connectivity index is 1.97. The highest BCUT2D eigenvalue weighted by Gasteiger charge is 2.20. The van der Waals surface area contributed by atoms with E-state index in [1.807, 2.05) is 6.92 Å². The minimum absolute atomic E-state index is 0.0645. The van der Waals surface area contributed by atoms with Crippen molar-refractivity contribution in [2.45, 2.75) is 32.6 Å². The minimum atomic E-state index is -1.00. The zero-order valence-corrected chi connectivity index (χ0v) is 12.4. The van der Waals surface area contributed by atoms with Crippen LogP contribution in [0.15, 0.2) is 6.07 Å². The van der Waals surface area contributed by atoms with Gasteiger partial charge in [0.25, 0.3) is 5.91 Å². The van der Waals surface area contributed by atoms with Crippen LogP contribution in [-0.2, 0) is 11.2 Å². The van der Waals surface area contributed by atoms with Gasteiger partial charge in [0, 0.05) is 18.0 Å². The van der Waals surface area contributed by atoms with Crippen LogP contribution in [0.2, 0.25) is 0 Å². The number of piperidine rings is 1. The van der Waals surface area contributed by atoms with Gasteiger partial charge < -0.3 is 14.7 Å². The molecule has 1 fully saturated rings. The fraction of sp³-hybridized carbons (Fsp3) is 0.571. The van der Waals surface area contributed by atoms with Gasteiger partial charge in [-0.1, -0.05) is 6.92 Å². The number of hydrogen-bond donors (Lipinski definition) is 1. The number of aryl methyl sites for hydroxylation is 1. The Morgan fingerprint density at radius 3 is 2.65 bits per heavy atom. The fourth-order valence-electron chi connectivity index (χ4n) is 2.23. The molecule has 0 atom stereocenters. The van der Waals surface area contributed by atoms with E-state index in [2.05, 4.69) is 0 Å². The maximum atomic E-state index is 12.0. The molecule has 0 aliphatic carbocycles. The van der Waals surface area contributed by atoms with E-state index in [1.165, 1.54) is 11.3 Å². The Bertz CT molecular complexity index is 491. The summed E-state index contributed by atoms with van der Waals surface area (Å²) in [6.07, 6.45) is 3.99. The Kier molecular flexibility index (Phi) is 5.00. The van der Waals surface area contributed by atoms with Gasteiger partial charge in [0.2, 0.25) is 0 Å². The van der Waals surface area contributed by atoms with Crippen LogP contribution in [0.3, 0.4) is 0 Å². The summed E-state index contributed by atoms with van der Waals surface area (Å²) in [6.45, 7) is 3.43. The van der Waals surface area contributed by atoms with E-state index < -0.39 is 5.97 Å². The van der Waals surface area contributed by atoms with Crippen molar-refractivity contribution < 1.29 is 19.4 Å². The van der Waals surface area contributed by atoms with Crippen LogP contribution in [0.5, 0.6) is 5.75 Å². The number of ether oxygens (including phenoxy) is 1. The van der Waals surface area contributed by atoms with Crippen molar-refractivity contribution in [3.05, 3.63) is 15.8 Å². The van der Waals surface area contributed by atoms with Crippen LogP contribution in [0.1, 0.15) is 40.7 Å². The van der Waals surface area contributed by atoms with Gasteiger partial charge in [-0.05, 0) is 31.7 Å². The molecule has 1 aliphatic rings. The number of likely N-dealkylation sites (tertiary alicyclic amines) is 1. The summed E-state index contributed by atoms with van der Waals surface area (Å²) < 4.78 is 5.43. The number of amides is 1. The zero-order valence-electron chi connectivity index (χ0n) is 11.6. The highest BCUT2D eigenvalue weighted by molar-refractivity contribution is 7.14. The number of aromatic carboxylic acids is 1. The average Bonchev–Trinajstić information content (AvgIpc) is 2.89. The van der Waals surface area contributed by atoms with Gasteiger partial charge in [-0.2, -0.15) is 0 Å². The normalized spacial score (nSPS) is 15.2. The van der Waals surface area contributed by atoms with Gasteiger partial charge in [0.15, 0.2) is 11.5 Å². The smallest absolute Gasteiger partial charge is 0.349 e. The molecule has 2 heterocycles. The van der Waals surface area contributed by atoms with Gasteiger partial charge in [-0.15, -0.1) is 11.3 Å². The lowest BCUT2D eigenvalue weighted by Gasteiger charge is -2.26. The lowest BCUT2D eigenvalue weighted by molar-refractivity contribution is -0.134. The van der Waals surface area contributed by atoms with Gasteiger partial charge >= 0.3 is 5.97 Å². The van der Waals surface area contributed by atoms with E-state index in [1.54, 1.807) is 11.0 Å². The van der Waals surface area contributed by atoms with Crippen molar-refractivity contribution in [1.29, 1.82) is 0 Å². The quantitative estimate of drug-likeness (QED) is 0.906. The van der Waals surface area contributed by atoms with E-state index >= 15 is 0 Å². The summed E-state index contributed by atoms with van der Waals surface area (Å²) in [5, 5.41) is 9.12. The number of rotatable bonds is 5. The second-order valence-corrected chi connectivity index (χ2v) is 5.93. The third-order valence-corrected chi connectivity index (χ3v) is 4.60. The van der Waals surface area contributed by atoms with Crippen LogP contribution in [0, 0.1) is 0 Å². The monoisotopic (exact) mass is 297 g/mol. The predicted octanol–water partition coefficient (Wildman–Crippen LogP) is 2.40. The van der Waals surface area contributed by atoms with Crippen molar-refractivity contribution >= 4 is 23.2 Å². The maximum absolute atomic E-state index is 12.0. The van der Waals surface area contributed by atoms with Gasteiger partial charge in [0.05, 0.1) is 0 Å². The summed E-state index contributed by atoms with van der Waals surface area (Å²) in [5.41, 5.74) is 0. The van der Waals surface area contributed by atoms with Crippen molar-refractivity contribution in [2.24, 2.45) is 0 Å². The highest BCUT2D eigenvalue weighted by atomic mass is 32.1. The highest BCUT2D eigenvalue weighted by Crippen LogP contribution is 2.29. The molecule has 0 aromatic carbocycles. The first-order valence-corrected chi connectivity index (χ1v) is 7.70. The molecular weight excluding hydrogens is 278 g/mol. The number of carboxylic acids is 1. The van der Waals surface area contributed by atoms with Gasteiger partial charge in [0.1, 0.15) is 5.75 Å². The molecule has 1 aliphatic heterocycles. The van der Waals surface area contributed by atoms with Crippen molar-refractivity contribution in [3.8, 4) is 5.75 Å². The van der Waals surface area contributed by atoms with E-state index in [0.717, 1.165) is 43.6 Å². The first-order valence-electron chi connectivity index (χ1n) is 6.88. The molecule has 1 aromatic heterocycles. The van der Waals surface area contributed by atoms with E-state index in [9.17, 15) is 9.59 Å². The average molecular weight is 297 g/mol. The molecular formula is C14H19NO4S. The van der Waals surface area contributed by atoms with Crippen LogP contribution in [-0.4, -0.2) is 41.6 Å². The fourth-order valence-corrected chi connectivity index (χ4v) is 3.11. The molecule has 1 saturated heterocycles.